The van der Waals surface area contributed by atoms with Crippen molar-refractivity contribution >= 4 is 0 Å². The van der Waals surface area contributed by atoms with Gasteiger partial charge >= 0.3 is 0 Å². The van der Waals surface area contributed by atoms with Gasteiger partial charge in [-0.25, -0.2) is 4.98 Å². The molecule has 3 nitrogen and oxygen atoms in total. The molecule has 1 unspecified atom stereocenters. The van der Waals surface area contributed by atoms with Crippen molar-refractivity contribution in [2.24, 2.45) is 13.0 Å². The number of nitrogens with one attached hydrogen (secondary N) is 1. The summed E-state index contributed by atoms with van der Waals surface area (Å²) in [4.78, 5) is 4.40. The highest BCUT2D eigenvalue weighted by Gasteiger charge is 2.23. The summed E-state index contributed by atoms with van der Waals surface area (Å²) in [5.41, 5.74) is 0. The summed E-state index contributed by atoms with van der Waals surface area (Å²) in [5.74, 6) is 2.14. The van der Waals surface area contributed by atoms with Crippen LogP contribution in [0, 0.1) is 5.92 Å². The Morgan fingerprint density at radius 3 is 2.83 bits per heavy atom. The highest BCUT2D eigenvalue weighted by atomic mass is 15.0. The molecule has 1 aliphatic carbocycles. The average molecular weight is 249 g/mol. The Bertz CT molecular complexity index is 339. The first-order valence-electron chi connectivity index (χ1n) is 7.51. The Morgan fingerprint density at radius 2 is 2.22 bits per heavy atom. The van der Waals surface area contributed by atoms with Crippen molar-refractivity contribution in [2.75, 3.05) is 6.54 Å². The molecule has 1 heterocycles. The lowest BCUT2D eigenvalue weighted by Gasteiger charge is -2.24. The van der Waals surface area contributed by atoms with Crippen LogP contribution in [0.1, 0.15) is 51.3 Å². The van der Waals surface area contributed by atoms with Crippen LogP contribution in [0.5, 0.6) is 0 Å². The molecule has 2 rings (SSSR count). The van der Waals surface area contributed by atoms with Gasteiger partial charge in [-0.15, -0.1) is 0 Å². The highest BCUT2D eigenvalue weighted by Crippen LogP contribution is 2.29. The second-order valence-electron chi connectivity index (χ2n) is 5.56. The Morgan fingerprint density at radius 1 is 1.44 bits per heavy atom. The van der Waals surface area contributed by atoms with Crippen molar-refractivity contribution in [3.8, 4) is 0 Å². The summed E-state index contributed by atoms with van der Waals surface area (Å²) in [7, 11) is 2.08. The van der Waals surface area contributed by atoms with E-state index < -0.39 is 0 Å². The third-order valence-electron chi connectivity index (χ3n) is 4.27. The molecule has 1 aliphatic rings. The van der Waals surface area contributed by atoms with E-state index in [4.69, 9.17) is 0 Å². The molecule has 0 aromatic carbocycles. The minimum absolute atomic E-state index is 0.734. The van der Waals surface area contributed by atoms with Crippen molar-refractivity contribution in [2.45, 2.75) is 57.9 Å². The van der Waals surface area contributed by atoms with Crippen LogP contribution in [0.25, 0.3) is 0 Å². The smallest absolute Gasteiger partial charge is 0.108 e. The molecule has 1 N–H and O–H groups in total. The second-order valence-corrected chi connectivity index (χ2v) is 5.56. The standard InChI is InChI=1S/C15H27N3/c1-3-16-14(13-7-4-5-8-13)9-6-10-15-17-11-12-18(15)2/h11-14,16H,3-10H2,1-2H3. The van der Waals surface area contributed by atoms with Crippen LogP contribution in [0.15, 0.2) is 12.4 Å². The number of aryl methyl sites for hydroxylation is 2. The number of nitrogens with zero attached hydrogens (tertiary/aromatic N) is 2. The zero-order chi connectivity index (χ0) is 12.8. The second kappa shape index (κ2) is 6.93. The van der Waals surface area contributed by atoms with Gasteiger partial charge in [0.1, 0.15) is 5.82 Å². The summed E-state index contributed by atoms with van der Waals surface area (Å²) in [6.45, 7) is 3.32. The third-order valence-corrected chi connectivity index (χ3v) is 4.27. The maximum Gasteiger partial charge on any atom is 0.108 e. The number of imidazole rings is 1. The molecule has 18 heavy (non-hydrogen) atoms. The monoisotopic (exact) mass is 249 g/mol. The van der Waals surface area contributed by atoms with E-state index in [0.717, 1.165) is 24.9 Å². The Hall–Kier alpha value is -0.830. The molecule has 0 saturated heterocycles. The lowest BCUT2D eigenvalue weighted by atomic mass is 9.93. The first kappa shape index (κ1) is 13.6. The largest absolute Gasteiger partial charge is 0.338 e. The topological polar surface area (TPSA) is 29.9 Å². The van der Waals surface area contributed by atoms with Crippen LogP contribution >= 0.6 is 0 Å². The molecule has 1 atom stereocenters. The van der Waals surface area contributed by atoms with Gasteiger partial charge in [0.15, 0.2) is 0 Å². The minimum atomic E-state index is 0.734. The van der Waals surface area contributed by atoms with Gasteiger partial charge in [0.2, 0.25) is 0 Å². The Labute approximate surface area is 111 Å². The molecular formula is C15H27N3. The van der Waals surface area contributed by atoms with Crippen LogP contribution in [-0.2, 0) is 13.5 Å². The Kier molecular flexibility index (Phi) is 5.24. The summed E-state index contributed by atoms with van der Waals surface area (Å²) < 4.78 is 2.14. The maximum atomic E-state index is 4.40. The fourth-order valence-electron chi connectivity index (χ4n) is 3.24. The minimum Gasteiger partial charge on any atom is -0.338 e. The van der Waals surface area contributed by atoms with Gasteiger partial charge in [0, 0.05) is 31.9 Å². The van der Waals surface area contributed by atoms with Crippen molar-refractivity contribution in [1.82, 2.24) is 14.9 Å². The quantitative estimate of drug-likeness (QED) is 0.805. The summed E-state index contributed by atoms with van der Waals surface area (Å²) in [6.07, 6.45) is 13.3. The summed E-state index contributed by atoms with van der Waals surface area (Å²) in [5, 5.41) is 3.69. The van der Waals surface area contributed by atoms with E-state index in [9.17, 15) is 0 Å². The average Bonchev–Trinajstić information content (AvgIpc) is 3.00. The van der Waals surface area contributed by atoms with E-state index in [1.54, 1.807) is 0 Å². The first-order valence-corrected chi connectivity index (χ1v) is 7.51. The summed E-state index contributed by atoms with van der Waals surface area (Å²) >= 11 is 0. The first-order chi connectivity index (χ1) is 8.81. The van der Waals surface area contributed by atoms with Gasteiger partial charge in [0.25, 0.3) is 0 Å². The third kappa shape index (κ3) is 3.58. The van der Waals surface area contributed by atoms with Crippen LogP contribution in [0.3, 0.4) is 0 Å². The van der Waals surface area contributed by atoms with Gasteiger partial charge in [-0.1, -0.05) is 19.8 Å². The van der Waals surface area contributed by atoms with Crippen molar-refractivity contribution in [1.29, 1.82) is 0 Å². The van der Waals surface area contributed by atoms with E-state index in [1.165, 1.54) is 44.3 Å². The highest BCUT2D eigenvalue weighted by molar-refractivity contribution is 4.91. The van der Waals surface area contributed by atoms with Crippen LogP contribution < -0.4 is 5.32 Å². The van der Waals surface area contributed by atoms with E-state index in [2.05, 4.69) is 28.8 Å². The maximum absolute atomic E-state index is 4.40. The predicted octanol–water partition coefficient (Wildman–Crippen LogP) is 2.91. The number of hydrogen-bond donors (Lipinski definition) is 1. The van der Waals surface area contributed by atoms with Crippen molar-refractivity contribution in [3.05, 3.63) is 18.2 Å². The fourth-order valence-corrected chi connectivity index (χ4v) is 3.24. The number of rotatable bonds is 7. The molecular weight excluding hydrogens is 222 g/mol. The van der Waals surface area contributed by atoms with Crippen LogP contribution in [0.4, 0.5) is 0 Å². The number of aromatic nitrogens is 2. The number of hydrogen-bond acceptors (Lipinski definition) is 2. The zero-order valence-electron chi connectivity index (χ0n) is 11.9. The molecule has 0 radical (unpaired) electrons. The van der Waals surface area contributed by atoms with Crippen molar-refractivity contribution in [3.63, 3.8) is 0 Å². The molecule has 3 heteroatoms. The predicted molar refractivity (Wildman–Crippen MR) is 75.6 cm³/mol. The Balaban J connectivity index is 1.76. The van der Waals surface area contributed by atoms with Gasteiger partial charge < -0.3 is 9.88 Å². The van der Waals surface area contributed by atoms with Crippen LogP contribution in [-0.4, -0.2) is 22.1 Å². The summed E-state index contributed by atoms with van der Waals surface area (Å²) in [6, 6.07) is 0.734. The van der Waals surface area contributed by atoms with E-state index >= 15 is 0 Å². The van der Waals surface area contributed by atoms with E-state index in [1.807, 2.05) is 12.4 Å². The van der Waals surface area contributed by atoms with Crippen LogP contribution in [0.2, 0.25) is 0 Å². The van der Waals surface area contributed by atoms with Gasteiger partial charge in [-0.2, -0.15) is 0 Å². The SMILES string of the molecule is CCNC(CCCc1nccn1C)C1CCCC1. The normalized spacial score (nSPS) is 18.3. The molecule has 1 aromatic rings. The van der Waals surface area contributed by atoms with Gasteiger partial charge in [-0.3, -0.25) is 0 Å². The van der Waals surface area contributed by atoms with Crippen molar-refractivity contribution < 1.29 is 0 Å². The lowest BCUT2D eigenvalue weighted by molar-refractivity contribution is 0.338. The molecule has 102 valence electrons. The van der Waals surface area contributed by atoms with E-state index in [0.29, 0.717) is 0 Å². The van der Waals surface area contributed by atoms with Gasteiger partial charge in [-0.05, 0) is 38.1 Å². The fraction of sp³-hybridized carbons (Fsp3) is 0.800. The molecule has 0 bridgehead atoms. The van der Waals surface area contributed by atoms with E-state index in [-0.39, 0.29) is 0 Å². The molecule has 0 amide bonds. The zero-order valence-corrected chi connectivity index (χ0v) is 11.9. The molecule has 1 fully saturated rings. The molecule has 0 aliphatic heterocycles. The molecule has 1 saturated carbocycles. The lowest BCUT2D eigenvalue weighted by Crippen LogP contribution is -2.35. The molecule has 1 aromatic heterocycles. The van der Waals surface area contributed by atoms with Gasteiger partial charge in [0.05, 0.1) is 0 Å². The molecule has 0 spiro atoms.